The molecule has 0 aromatic carbocycles. The summed E-state index contributed by atoms with van der Waals surface area (Å²) in [5.41, 5.74) is 1.12. The molecule has 0 saturated carbocycles. The van der Waals surface area contributed by atoms with Gasteiger partial charge >= 0.3 is 0 Å². The van der Waals surface area contributed by atoms with Gasteiger partial charge in [-0.25, -0.2) is 18.6 Å². The van der Waals surface area contributed by atoms with E-state index in [1.165, 1.54) is 0 Å². The lowest BCUT2D eigenvalue weighted by Crippen LogP contribution is -2.68. The molecule has 0 atom stereocenters. The van der Waals surface area contributed by atoms with Gasteiger partial charge in [0.25, 0.3) is 4.83 Å². The molecule has 9 heteroatoms. The first-order chi connectivity index (χ1) is 7.27. The third-order valence-electron chi connectivity index (χ3n) is 1.45. The van der Waals surface area contributed by atoms with Gasteiger partial charge in [-0.3, -0.25) is 0 Å². The Balaban J connectivity index is 0.000000221. The summed E-state index contributed by atoms with van der Waals surface area (Å²) >= 11 is 7.38. The molecule has 16 heavy (non-hydrogen) atoms. The molecule has 0 fully saturated rings. The molecule has 0 aliphatic rings. The molecule has 2 aromatic heterocycles. The Kier molecular flexibility index (Phi) is 4.39. The van der Waals surface area contributed by atoms with E-state index < -0.39 is 10.2 Å². The van der Waals surface area contributed by atoms with Crippen molar-refractivity contribution in [2.45, 2.75) is 6.92 Å². The molecule has 0 amide bonds. The lowest BCUT2D eigenvalue weighted by atomic mass is 10.5. The molecular weight excluding hydrogens is 279 g/mol. The second kappa shape index (κ2) is 5.19. The number of hydrogen-bond acceptors (Lipinski definition) is 6. The third kappa shape index (κ3) is 4.54. The van der Waals surface area contributed by atoms with Crippen LogP contribution in [0.1, 0.15) is 5.69 Å². The van der Waals surface area contributed by atoms with Gasteiger partial charge in [-0.05, 0) is 10.6 Å². The fraction of sp³-hybridized carbons (Fsp3) is 0.143. The van der Waals surface area contributed by atoms with Crippen molar-refractivity contribution in [2.75, 3.05) is 0 Å². The zero-order valence-electron chi connectivity index (χ0n) is 7.92. The van der Waals surface area contributed by atoms with Crippen LogP contribution < -0.4 is 23.2 Å². The second-order valence-corrected chi connectivity index (χ2v) is 4.69. The van der Waals surface area contributed by atoms with Crippen molar-refractivity contribution >= 4 is 27.8 Å². The standard InChI is InChI=1S/C7H6ClN2S.ClHO4/c1-5-4-11-7-3-2-6(8)9-10(5)7;2-1(3,4)5/h2-4H,1H3;(H,2,3,4,5)/q+1;/p-1. The summed E-state index contributed by atoms with van der Waals surface area (Å²) in [5.74, 6) is 0. The van der Waals surface area contributed by atoms with Gasteiger partial charge in [-0.1, -0.05) is 22.9 Å². The average molecular weight is 285 g/mol. The molecule has 0 aliphatic carbocycles. The number of rotatable bonds is 0. The number of aryl methyl sites for hydroxylation is 1. The maximum absolute atomic E-state index is 8.49. The number of nitrogens with zero attached hydrogens (tertiary/aromatic N) is 2. The molecule has 0 saturated heterocycles. The van der Waals surface area contributed by atoms with Gasteiger partial charge in [0.05, 0.1) is 5.38 Å². The molecule has 0 spiro atoms. The Morgan fingerprint density at radius 2 is 1.88 bits per heavy atom. The number of aromatic nitrogens is 2. The monoisotopic (exact) mass is 284 g/mol. The zero-order valence-corrected chi connectivity index (χ0v) is 10.3. The maximum Gasteiger partial charge on any atom is 0.294 e. The fourth-order valence-electron chi connectivity index (χ4n) is 0.926. The highest BCUT2D eigenvalue weighted by molar-refractivity contribution is 7.15. The predicted octanol–water partition coefficient (Wildman–Crippen LogP) is -2.91. The molecular formula is C7H6Cl2N2O4S. The first kappa shape index (κ1) is 13.5. The summed E-state index contributed by atoms with van der Waals surface area (Å²) < 4.78 is 35.8. The van der Waals surface area contributed by atoms with Crippen LogP contribution in [0.15, 0.2) is 17.5 Å². The van der Waals surface area contributed by atoms with Crippen LogP contribution in [-0.2, 0) is 0 Å². The number of halogens is 2. The van der Waals surface area contributed by atoms with Crippen molar-refractivity contribution in [3.63, 3.8) is 0 Å². The van der Waals surface area contributed by atoms with Crippen LogP contribution in [0.4, 0.5) is 0 Å². The lowest BCUT2D eigenvalue weighted by molar-refractivity contribution is -2.00. The van der Waals surface area contributed by atoms with E-state index in [1.807, 2.05) is 17.5 Å². The molecule has 88 valence electrons. The fourth-order valence-corrected chi connectivity index (χ4v) is 1.89. The molecule has 0 N–H and O–H groups in total. The topological polar surface area (TPSA) is 109 Å². The molecule has 2 heterocycles. The van der Waals surface area contributed by atoms with E-state index in [0.29, 0.717) is 5.15 Å². The predicted molar refractivity (Wildman–Crippen MR) is 45.0 cm³/mol. The van der Waals surface area contributed by atoms with Gasteiger partial charge in [-0.2, -0.15) is 0 Å². The normalized spacial score (nSPS) is 11.1. The minimum Gasteiger partial charge on any atom is -0.222 e. The summed E-state index contributed by atoms with van der Waals surface area (Å²) in [6.45, 7) is 2.01. The van der Waals surface area contributed by atoms with Crippen LogP contribution in [0.25, 0.3) is 4.83 Å². The van der Waals surface area contributed by atoms with Crippen molar-refractivity contribution in [1.29, 1.82) is 0 Å². The highest BCUT2D eigenvalue weighted by atomic mass is 35.7. The van der Waals surface area contributed by atoms with Crippen LogP contribution in [0.2, 0.25) is 5.15 Å². The average Bonchev–Trinajstić information content (AvgIpc) is 2.45. The van der Waals surface area contributed by atoms with E-state index in [2.05, 4.69) is 10.5 Å². The molecule has 0 radical (unpaired) electrons. The van der Waals surface area contributed by atoms with Crippen molar-refractivity contribution < 1.29 is 33.4 Å². The first-order valence-electron chi connectivity index (χ1n) is 3.82. The number of fused-ring (bicyclic) bond motifs is 1. The van der Waals surface area contributed by atoms with Crippen LogP contribution in [-0.4, -0.2) is 5.10 Å². The quantitative estimate of drug-likeness (QED) is 0.482. The van der Waals surface area contributed by atoms with Crippen molar-refractivity contribution in [2.24, 2.45) is 0 Å². The van der Waals surface area contributed by atoms with Gasteiger partial charge in [0.1, 0.15) is 0 Å². The number of hydrogen-bond donors (Lipinski definition) is 0. The van der Waals surface area contributed by atoms with Crippen molar-refractivity contribution in [3.8, 4) is 0 Å². The third-order valence-corrected chi connectivity index (χ3v) is 2.66. The van der Waals surface area contributed by atoms with Crippen LogP contribution in [0.3, 0.4) is 0 Å². The maximum atomic E-state index is 8.49. The van der Waals surface area contributed by atoms with Gasteiger partial charge in [-0.15, -0.1) is 10.2 Å². The largest absolute Gasteiger partial charge is 0.294 e. The summed E-state index contributed by atoms with van der Waals surface area (Å²) in [6, 6.07) is 3.76. The highest BCUT2D eigenvalue weighted by Gasteiger charge is 2.10. The van der Waals surface area contributed by atoms with E-state index >= 15 is 0 Å². The summed E-state index contributed by atoms with van der Waals surface area (Å²) in [5, 5.41) is 6.71. The summed E-state index contributed by atoms with van der Waals surface area (Å²) in [7, 11) is -4.94. The Bertz CT molecular complexity index is 479. The number of thiazole rings is 1. The highest BCUT2D eigenvalue weighted by Crippen LogP contribution is 2.09. The zero-order chi connectivity index (χ0) is 12.3. The minimum atomic E-state index is -4.94. The van der Waals surface area contributed by atoms with Crippen LogP contribution in [0, 0.1) is 17.2 Å². The molecule has 0 bridgehead atoms. The smallest absolute Gasteiger partial charge is 0.222 e. The van der Waals surface area contributed by atoms with Crippen molar-refractivity contribution in [3.05, 3.63) is 28.4 Å². The second-order valence-electron chi connectivity index (χ2n) is 2.66. The van der Waals surface area contributed by atoms with Gasteiger partial charge in [0.2, 0.25) is 5.69 Å². The minimum absolute atomic E-state index is 0.531. The molecule has 2 aromatic rings. The van der Waals surface area contributed by atoms with Gasteiger partial charge in [0, 0.05) is 18.1 Å². The van der Waals surface area contributed by atoms with E-state index in [-0.39, 0.29) is 0 Å². The summed E-state index contributed by atoms with van der Waals surface area (Å²) in [6.07, 6.45) is 0. The molecule has 6 nitrogen and oxygen atoms in total. The molecule has 2 rings (SSSR count). The van der Waals surface area contributed by atoms with E-state index in [0.717, 1.165) is 10.5 Å². The molecule has 0 aliphatic heterocycles. The lowest BCUT2D eigenvalue weighted by Gasteiger charge is -2.17. The van der Waals surface area contributed by atoms with Gasteiger partial charge in [0.15, 0.2) is 5.15 Å². The Morgan fingerprint density at radius 3 is 2.44 bits per heavy atom. The van der Waals surface area contributed by atoms with E-state index in [1.54, 1.807) is 17.4 Å². The van der Waals surface area contributed by atoms with Crippen LogP contribution >= 0.6 is 22.9 Å². The SMILES string of the molecule is Cc1csc2ccc(Cl)n[n+]12.[O-][Cl+3]([O-])([O-])[O-]. The first-order valence-corrected chi connectivity index (χ1v) is 6.31. The van der Waals surface area contributed by atoms with Crippen molar-refractivity contribution in [1.82, 2.24) is 5.10 Å². The molecule has 0 unspecified atom stereocenters. The van der Waals surface area contributed by atoms with Crippen LogP contribution in [0.5, 0.6) is 0 Å². The van der Waals surface area contributed by atoms with Gasteiger partial charge < -0.3 is 0 Å². The Hall–Kier alpha value is -0.540. The van der Waals surface area contributed by atoms with E-state index in [9.17, 15) is 0 Å². The van der Waals surface area contributed by atoms with E-state index in [4.69, 9.17) is 30.2 Å². The summed E-state index contributed by atoms with van der Waals surface area (Å²) in [4.78, 5) is 1.12. The Labute approximate surface area is 102 Å². The Morgan fingerprint density at radius 1 is 1.31 bits per heavy atom.